The highest BCUT2D eigenvalue weighted by atomic mass is 16.5. The molecule has 4 atom stereocenters. The van der Waals surface area contributed by atoms with Gasteiger partial charge in [0.1, 0.15) is 6.61 Å². The predicted octanol–water partition coefficient (Wildman–Crippen LogP) is 5.01. The quantitative estimate of drug-likeness (QED) is 0.548. The van der Waals surface area contributed by atoms with Crippen molar-refractivity contribution in [1.82, 2.24) is 10.2 Å². The molecule has 1 amide bonds. The van der Waals surface area contributed by atoms with Gasteiger partial charge in [-0.2, -0.15) is 0 Å². The zero-order valence-corrected chi connectivity index (χ0v) is 19.1. The lowest BCUT2D eigenvalue weighted by atomic mass is 9.99. The summed E-state index contributed by atoms with van der Waals surface area (Å²) in [6.45, 7) is 4.58. The molecule has 0 unspecified atom stereocenters. The second-order valence-corrected chi connectivity index (χ2v) is 9.00. The second-order valence-electron chi connectivity index (χ2n) is 9.00. The molecule has 0 saturated carbocycles. The first-order valence-corrected chi connectivity index (χ1v) is 12.1. The molecule has 1 saturated heterocycles. The maximum absolute atomic E-state index is 12.6. The second kappa shape index (κ2) is 12.1. The number of unbranched alkanes of at least 4 members (excludes halogenated alkanes) is 2. The van der Waals surface area contributed by atoms with Crippen molar-refractivity contribution in [3.05, 3.63) is 35.9 Å². The Bertz CT molecular complexity index is 709. The Kier molecular flexibility index (Phi) is 9.19. The average Bonchev–Trinajstić information content (AvgIpc) is 3.18. The van der Waals surface area contributed by atoms with Gasteiger partial charge in [0, 0.05) is 12.1 Å². The first-order valence-electron chi connectivity index (χ1n) is 12.1. The molecule has 1 aromatic rings. The average molecular weight is 430 g/mol. The Morgan fingerprint density at radius 3 is 2.74 bits per heavy atom. The lowest BCUT2D eigenvalue weighted by Gasteiger charge is -2.39. The van der Waals surface area contributed by atoms with Gasteiger partial charge in [-0.15, -0.1) is 0 Å². The molecule has 0 radical (unpaired) electrons. The number of aliphatic hydroxyl groups is 1. The summed E-state index contributed by atoms with van der Waals surface area (Å²) in [5, 5.41) is 13.4. The van der Waals surface area contributed by atoms with E-state index in [-0.39, 0.29) is 24.8 Å². The smallest absolute Gasteiger partial charge is 0.414 e. The molecule has 31 heavy (non-hydrogen) atoms. The van der Waals surface area contributed by atoms with Crippen LogP contribution in [0.4, 0.5) is 4.79 Å². The van der Waals surface area contributed by atoms with Gasteiger partial charge in [0.2, 0.25) is 5.96 Å². The molecule has 1 fully saturated rings. The van der Waals surface area contributed by atoms with Crippen molar-refractivity contribution in [1.29, 1.82) is 0 Å². The first-order chi connectivity index (χ1) is 15.1. The Labute approximate surface area is 187 Å². The van der Waals surface area contributed by atoms with Crippen molar-refractivity contribution in [2.45, 2.75) is 109 Å². The minimum absolute atomic E-state index is 0.220. The van der Waals surface area contributed by atoms with Crippen molar-refractivity contribution in [2.24, 2.45) is 4.99 Å². The lowest BCUT2D eigenvalue weighted by Crippen LogP contribution is -2.54. The third-order valence-electron chi connectivity index (χ3n) is 6.47. The number of nitrogens with zero attached hydrogens (tertiary/aromatic N) is 2. The van der Waals surface area contributed by atoms with Gasteiger partial charge in [0.25, 0.3) is 0 Å². The molecule has 172 valence electrons. The maximum atomic E-state index is 12.6. The van der Waals surface area contributed by atoms with Crippen LogP contribution in [0.2, 0.25) is 0 Å². The fourth-order valence-electron chi connectivity index (χ4n) is 4.82. The number of hydrogen-bond donors (Lipinski definition) is 2. The van der Waals surface area contributed by atoms with Gasteiger partial charge >= 0.3 is 6.09 Å². The third-order valence-corrected chi connectivity index (χ3v) is 6.47. The predicted molar refractivity (Wildman–Crippen MR) is 124 cm³/mol. The number of fused-ring (bicyclic) bond motifs is 1. The Morgan fingerprint density at radius 1 is 1.23 bits per heavy atom. The van der Waals surface area contributed by atoms with Crippen LogP contribution in [0.3, 0.4) is 0 Å². The fourth-order valence-corrected chi connectivity index (χ4v) is 4.82. The zero-order chi connectivity index (χ0) is 22.1. The summed E-state index contributed by atoms with van der Waals surface area (Å²) in [5.41, 5.74) is 0.958. The highest BCUT2D eigenvalue weighted by molar-refractivity contribution is 5.94. The molecular formula is C25H39N3O3. The van der Waals surface area contributed by atoms with Gasteiger partial charge in [-0.3, -0.25) is 5.32 Å². The maximum Gasteiger partial charge on any atom is 0.414 e. The van der Waals surface area contributed by atoms with Gasteiger partial charge in [-0.05, 0) is 44.1 Å². The summed E-state index contributed by atoms with van der Waals surface area (Å²) in [7, 11) is 0. The van der Waals surface area contributed by atoms with Crippen LogP contribution in [-0.4, -0.2) is 46.3 Å². The zero-order valence-electron chi connectivity index (χ0n) is 19.1. The van der Waals surface area contributed by atoms with E-state index >= 15 is 0 Å². The van der Waals surface area contributed by atoms with E-state index in [1.165, 1.54) is 0 Å². The van der Waals surface area contributed by atoms with Crippen molar-refractivity contribution < 1.29 is 14.6 Å². The topological polar surface area (TPSA) is 74.2 Å². The van der Waals surface area contributed by atoms with E-state index in [9.17, 15) is 9.90 Å². The van der Waals surface area contributed by atoms with Crippen LogP contribution in [0.25, 0.3) is 0 Å². The molecule has 0 aromatic heterocycles. The number of amides is 1. The van der Waals surface area contributed by atoms with Gasteiger partial charge < -0.3 is 14.7 Å². The van der Waals surface area contributed by atoms with Crippen LogP contribution in [0, 0.1) is 0 Å². The van der Waals surface area contributed by atoms with Crippen molar-refractivity contribution >= 4 is 12.1 Å². The highest BCUT2D eigenvalue weighted by Gasteiger charge is 2.41. The SMILES string of the molecule is CCCC[C@H](O)C[C@@H]1CC[C@H]2C[C@@H](CCCC)N=C(NC(=O)OCc3ccccc3)N12. The Hall–Kier alpha value is -2.08. The van der Waals surface area contributed by atoms with E-state index in [1.54, 1.807) is 0 Å². The molecule has 3 rings (SSSR count). The number of ether oxygens (including phenoxy) is 1. The summed E-state index contributed by atoms with van der Waals surface area (Å²) in [4.78, 5) is 19.8. The summed E-state index contributed by atoms with van der Waals surface area (Å²) < 4.78 is 5.46. The fraction of sp³-hybridized carbons (Fsp3) is 0.680. The van der Waals surface area contributed by atoms with Crippen molar-refractivity contribution in [3.63, 3.8) is 0 Å². The number of aliphatic imine (C=N–C) groups is 1. The van der Waals surface area contributed by atoms with Gasteiger partial charge in [0.15, 0.2) is 0 Å². The molecule has 6 nitrogen and oxygen atoms in total. The molecule has 2 aliphatic heterocycles. The first kappa shape index (κ1) is 23.6. The summed E-state index contributed by atoms with van der Waals surface area (Å²) in [6, 6.07) is 10.5. The molecule has 0 aliphatic carbocycles. The monoisotopic (exact) mass is 429 g/mol. The molecule has 6 heteroatoms. The lowest BCUT2D eigenvalue weighted by molar-refractivity contribution is 0.116. The largest absolute Gasteiger partial charge is 0.444 e. The normalized spacial score (nSPS) is 23.8. The van der Waals surface area contributed by atoms with Crippen LogP contribution in [-0.2, 0) is 11.3 Å². The van der Waals surface area contributed by atoms with Gasteiger partial charge in [-0.25, -0.2) is 9.79 Å². The van der Waals surface area contributed by atoms with E-state index in [1.807, 2.05) is 30.3 Å². The minimum Gasteiger partial charge on any atom is -0.444 e. The molecular weight excluding hydrogens is 390 g/mol. The summed E-state index contributed by atoms with van der Waals surface area (Å²) in [6.07, 6.45) is 9.45. The van der Waals surface area contributed by atoms with Gasteiger partial charge in [0.05, 0.1) is 12.1 Å². The van der Waals surface area contributed by atoms with Crippen LogP contribution in [0.15, 0.2) is 35.3 Å². The van der Waals surface area contributed by atoms with Crippen LogP contribution in [0.5, 0.6) is 0 Å². The third kappa shape index (κ3) is 6.96. The van der Waals surface area contributed by atoms with Crippen LogP contribution < -0.4 is 5.32 Å². The van der Waals surface area contributed by atoms with E-state index < -0.39 is 6.09 Å². The standard InChI is InChI=1S/C25H39N3O3/c1-3-5-12-20-16-21-14-15-22(17-23(29)13-6-4-2)28(21)24(26-20)27-25(30)31-18-19-10-8-7-9-11-19/h7-11,20-23,29H,3-6,12-18H2,1-2H3,(H,26,27,30)/t20-,21+,22+,23+/m1/s1. The molecule has 1 aromatic carbocycles. The number of alkyl carbamates (subject to hydrolysis) is 1. The number of hydrogen-bond acceptors (Lipinski definition) is 5. The van der Waals surface area contributed by atoms with Crippen LogP contribution in [0.1, 0.15) is 83.6 Å². The van der Waals surface area contributed by atoms with Crippen molar-refractivity contribution in [3.8, 4) is 0 Å². The number of guanidine groups is 1. The number of aliphatic hydroxyl groups excluding tert-OH is 1. The number of benzene rings is 1. The van der Waals surface area contributed by atoms with Gasteiger partial charge in [-0.1, -0.05) is 69.9 Å². The highest BCUT2D eigenvalue weighted by Crippen LogP contribution is 2.35. The van der Waals surface area contributed by atoms with Crippen molar-refractivity contribution in [2.75, 3.05) is 0 Å². The molecule has 0 spiro atoms. The molecule has 2 N–H and O–H groups in total. The van der Waals surface area contributed by atoms with E-state index in [4.69, 9.17) is 9.73 Å². The molecule has 0 bridgehead atoms. The Balaban J connectivity index is 1.66. The Morgan fingerprint density at radius 2 is 2.00 bits per heavy atom. The molecule has 2 heterocycles. The minimum atomic E-state index is -0.463. The van der Waals surface area contributed by atoms with E-state index in [0.29, 0.717) is 12.0 Å². The molecule has 2 aliphatic rings. The number of nitrogens with one attached hydrogen (secondary N) is 1. The number of carbonyl (C=O) groups is 1. The summed E-state index contributed by atoms with van der Waals surface area (Å²) in [5.74, 6) is 0.639. The number of rotatable bonds is 10. The van der Waals surface area contributed by atoms with E-state index in [2.05, 4.69) is 24.1 Å². The number of carbonyl (C=O) groups excluding carboxylic acids is 1. The van der Waals surface area contributed by atoms with Crippen LogP contribution >= 0.6 is 0 Å². The van der Waals surface area contributed by atoms with E-state index in [0.717, 1.165) is 69.8 Å². The summed E-state index contributed by atoms with van der Waals surface area (Å²) >= 11 is 0.